The first kappa shape index (κ1) is 17.9. The van der Waals surface area contributed by atoms with Crippen LogP contribution in [0.5, 0.6) is 0 Å². The topological polar surface area (TPSA) is 52.6 Å². The van der Waals surface area contributed by atoms with E-state index < -0.39 is 6.16 Å². The van der Waals surface area contributed by atoms with E-state index >= 15 is 0 Å². The van der Waals surface area contributed by atoms with Crippen LogP contribution in [0, 0.1) is 0 Å². The van der Waals surface area contributed by atoms with Crippen LogP contribution >= 0.6 is 23.4 Å². The normalized spacial score (nSPS) is 13.3. The van der Waals surface area contributed by atoms with Crippen molar-refractivity contribution in [1.82, 2.24) is 0 Å². The fraction of sp³-hybridized carbons (Fsp3) is 0.467. The van der Waals surface area contributed by atoms with Gasteiger partial charge in [-0.2, -0.15) is 0 Å². The molecule has 0 N–H and O–H groups in total. The van der Waals surface area contributed by atoms with Crippen LogP contribution in [0.1, 0.15) is 37.6 Å². The lowest BCUT2D eigenvalue weighted by molar-refractivity contribution is 0.0300. The molecule has 0 aliphatic carbocycles. The molecule has 1 aromatic carbocycles. The van der Waals surface area contributed by atoms with E-state index in [1.54, 1.807) is 38.1 Å². The van der Waals surface area contributed by atoms with Gasteiger partial charge in [0.1, 0.15) is 6.10 Å². The molecular formula is C15H19ClO4S. The van der Waals surface area contributed by atoms with E-state index in [1.807, 2.05) is 6.92 Å². The Balaban J connectivity index is 2.44. The van der Waals surface area contributed by atoms with Crippen molar-refractivity contribution < 1.29 is 19.1 Å². The number of thioether (sulfide) groups is 1. The highest BCUT2D eigenvalue weighted by Crippen LogP contribution is 2.23. The van der Waals surface area contributed by atoms with Crippen LogP contribution in [0.2, 0.25) is 5.02 Å². The maximum absolute atomic E-state index is 12.1. The standard InChI is InChI=1S/C15H19ClO4S/c1-4-19-15(18)20-10(2)8-11(3)21-14(17)12-6-5-7-13(16)9-12/h5-7,9-11H,4,8H2,1-3H3. The zero-order valence-electron chi connectivity index (χ0n) is 12.3. The average molecular weight is 331 g/mol. The third kappa shape index (κ3) is 6.87. The summed E-state index contributed by atoms with van der Waals surface area (Å²) in [6.45, 7) is 5.69. The summed E-state index contributed by atoms with van der Waals surface area (Å²) in [4.78, 5) is 23.3. The summed E-state index contributed by atoms with van der Waals surface area (Å²) in [5.74, 6) is 0. The molecular weight excluding hydrogens is 312 g/mol. The van der Waals surface area contributed by atoms with Gasteiger partial charge in [-0.15, -0.1) is 0 Å². The van der Waals surface area contributed by atoms with Gasteiger partial charge in [0.2, 0.25) is 5.12 Å². The summed E-state index contributed by atoms with van der Waals surface area (Å²) < 4.78 is 9.77. The second kappa shape index (κ2) is 8.95. The lowest BCUT2D eigenvalue weighted by Gasteiger charge is -2.16. The van der Waals surface area contributed by atoms with Gasteiger partial charge in [-0.1, -0.05) is 42.4 Å². The average Bonchev–Trinajstić information content (AvgIpc) is 2.38. The van der Waals surface area contributed by atoms with Crippen LogP contribution in [0.25, 0.3) is 0 Å². The molecule has 1 aromatic rings. The molecule has 4 nitrogen and oxygen atoms in total. The molecule has 0 fully saturated rings. The van der Waals surface area contributed by atoms with Gasteiger partial charge < -0.3 is 9.47 Å². The van der Waals surface area contributed by atoms with Gasteiger partial charge in [-0.3, -0.25) is 4.79 Å². The monoisotopic (exact) mass is 330 g/mol. The maximum Gasteiger partial charge on any atom is 0.508 e. The van der Waals surface area contributed by atoms with Gasteiger partial charge in [0.15, 0.2) is 0 Å². The Morgan fingerprint density at radius 3 is 2.67 bits per heavy atom. The van der Waals surface area contributed by atoms with Crippen molar-refractivity contribution in [2.75, 3.05) is 6.61 Å². The van der Waals surface area contributed by atoms with Gasteiger partial charge in [0, 0.05) is 15.8 Å². The Kier molecular flexibility index (Phi) is 7.61. The van der Waals surface area contributed by atoms with Crippen molar-refractivity contribution in [3.8, 4) is 0 Å². The highest BCUT2D eigenvalue weighted by atomic mass is 35.5. The first-order valence-electron chi connectivity index (χ1n) is 6.72. The molecule has 0 bridgehead atoms. The van der Waals surface area contributed by atoms with Gasteiger partial charge in [0.25, 0.3) is 0 Å². The number of ether oxygens (including phenoxy) is 2. The van der Waals surface area contributed by atoms with Crippen molar-refractivity contribution >= 4 is 34.6 Å². The van der Waals surface area contributed by atoms with Gasteiger partial charge in [-0.05, 0) is 32.4 Å². The molecule has 0 saturated carbocycles. The third-order valence-electron chi connectivity index (χ3n) is 2.59. The first-order valence-corrected chi connectivity index (χ1v) is 7.98. The van der Waals surface area contributed by atoms with E-state index in [9.17, 15) is 9.59 Å². The smallest absolute Gasteiger partial charge is 0.435 e. The van der Waals surface area contributed by atoms with Crippen LogP contribution in [0.3, 0.4) is 0 Å². The van der Waals surface area contributed by atoms with Crippen LogP contribution in [0.15, 0.2) is 24.3 Å². The molecule has 0 aliphatic rings. The molecule has 6 heteroatoms. The first-order chi connectivity index (χ1) is 9.92. The van der Waals surface area contributed by atoms with Crippen LogP contribution < -0.4 is 0 Å². The lowest BCUT2D eigenvalue weighted by Crippen LogP contribution is -2.20. The molecule has 116 valence electrons. The van der Waals surface area contributed by atoms with E-state index in [4.69, 9.17) is 21.1 Å². The fourth-order valence-corrected chi connectivity index (χ4v) is 2.93. The van der Waals surface area contributed by atoms with E-state index in [0.717, 1.165) is 0 Å². The summed E-state index contributed by atoms with van der Waals surface area (Å²) in [5, 5.41) is 0.502. The summed E-state index contributed by atoms with van der Waals surface area (Å²) in [6.07, 6.45) is -0.419. The largest absolute Gasteiger partial charge is 0.508 e. The Labute approximate surface area is 134 Å². The summed E-state index contributed by atoms with van der Waals surface area (Å²) in [5.41, 5.74) is 0.568. The molecule has 0 heterocycles. The Morgan fingerprint density at radius 2 is 2.05 bits per heavy atom. The van der Waals surface area contributed by atoms with E-state index in [2.05, 4.69) is 0 Å². The van der Waals surface area contributed by atoms with Crippen LogP contribution in [0.4, 0.5) is 4.79 Å². The quantitative estimate of drug-likeness (QED) is 0.716. The van der Waals surface area contributed by atoms with Crippen molar-refractivity contribution in [1.29, 1.82) is 0 Å². The molecule has 0 saturated heterocycles. The minimum atomic E-state index is -0.677. The Morgan fingerprint density at radius 1 is 1.33 bits per heavy atom. The Bertz CT molecular complexity index is 492. The zero-order valence-corrected chi connectivity index (χ0v) is 13.9. The molecule has 0 aromatic heterocycles. The van der Waals surface area contributed by atoms with Crippen LogP contribution in [-0.2, 0) is 9.47 Å². The number of carbonyl (C=O) groups is 2. The molecule has 0 radical (unpaired) electrons. The van der Waals surface area contributed by atoms with E-state index in [0.29, 0.717) is 17.0 Å². The van der Waals surface area contributed by atoms with E-state index in [-0.39, 0.29) is 23.1 Å². The number of hydrogen-bond acceptors (Lipinski definition) is 5. The van der Waals surface area contributed by atoms with Crippen LogP contribution in [-0.4, -0.2) is 29.2 Å². The minimum Gasteiger partial charge on any atom is -0.435 e. The van der Waals surface area contributed by atoms with Crippen molar-refractivity contribution in [3.05, 3.63) is 34.9 Å². The predicted octanol–water partition coefficient (Wildman–Crippen LogP) is 4.55. The number of carbonyl (C=O) groups excluding carboxylic acids is 2. The second-order valence-corrected chi connectivity index (χ2v) is 6.42. The molecule has 2 unspecified atom stereocenters. The molecule has 1 rings (SSSR count). The van der Waals surface area contributed by atoms with Crippen molar-refractivity contribution in [3.63, 3.8) is 0 Å². The lowest BCUT2D eigenvalue weighted by atomic mass is 10.2. The molecule has 0 aliphatic heterocycles. The fourth-order valence-electron chi connectivity index (χ4n) is 1.75. The van der Waals surface area contributed by atoms with E-state index in [1.165, 1.54) is 11.8 Å². The predicted molar refractivity (Wildman–Crippen MR) is 85.0 cm³/mol. The van der Waals surface area contributed by atoms with Crippen molar-refractivity contribution in [2.45, 2.75) is 38.5 Å². The van der Waals surface area contributed by atoms with Gasteiger partial charge in [-0.25, -0.2) is 4.79 Å². The second-order valence-electron chi connectivity index (χ2n) is 4.57. The number of hydrogen-bond donors (Lipinski definition) is 0. The maximum atomic E-state index is 12.1. The number of halogens is 1. The molecule has 0 amide bonds. The summed E-state index contributed by atoms with van der Waals surface area (Å²) in [6, 6.07) is 6.84. The Hall–Kier alpha value is -1.20. The highest BCUT2D eigenvalue weighted by Gasteiger charge is 2.18. The number of rotatable bonds is 6. The summed E-state index contributed by atoms with van der Waals surface area (Å²) >= 11 is 7.06. The third-order valence-corrected chi connectivity index (χ3v) is 3.87. The molecule has 21 heavy (non-hydrogen) atoms. The minimum absolute atomic E-state index is 0.0147. The highest BCUT2D eigenvalue weighted by molar-refractivity contribution is 8.14. The molecule has 0 spiro atoms. The summed E-state index contributed by atoms with van der Waals surface area (Å²) in [7, 11) is 0. The SMILES string of the molecule is CCOC(=O)OC(C)CC(C)SC(=O)c1cccc(Cl)c1. The van der Waals surface area contributed by atoms with Gasteiger partial charge >= 0.3 is 6.16 Å². The zero-order chi connectivity index (χ0) is 15.8. The molecule has 2 atom stereocenters. The van der Waals surface area contributed by atoms with Gasteiger partial charge in [0.05, 0.1) is 6.61 Å². The van der Waals surface area contributed by atoms with Crippen molar-refractivity contribution in [2.24, 2.45) is 0 Å². The number of benzene rings is 1.